The fourth-order valence-corrected chi connectivity index (χ4v) is 3.14. The first-order valence-corrected chi connectivity index (χ1v) is 9.15. The van der Waals surface area contributed by atoms with Crippen LogP contribution in [0.5, 0.6) is 11.5 Å². The first-order chi connectivity index (χ1) is 13.9. The average Bonchev–Trinajstić information content (AvgIpc) is 2.71. The third kappa shape index (κ3) is 4.31. The fraction of sp³-hybridized carbons (Fsp3) is 0.0952. The standard InChI is InChI=1S/C21H15BrN2O5/c1-3-10-29-18-9-4-13(12-17(18)22)11-16-19(25)23-21(27)24(20(16)26)14-5-7-15(28-2)8-6-14/h1,4-9,11-12H,10H2,2H3,(H,23,25,27). The van der Waals surface area contributed by atoms with Crippen LogP contribution in [0.15, 0.2) is 52.5 Å². The third-order valence-electron chi connectivity index (χ3n) is 4.01. The van der Waals surface area contributed by atoms with Crippen molar-refractivity contribution in [2.24, 2.45) is 0 Å². The molecule has 0 saturated carbocycles. The molecule has 0 unspecified atom stereocenters. The van der Waals surface area contributed by atoms with Crippen molar-refractivity contribution in [3.63, 3.8) is 0 Å². The molecule has 8 heteroatoms. The van der Waals surface area contributed by atoms with Crippen LogP contribution in [-0.2, 0) is 9.59 Å². The number of nitrogens with zero attached hydrogens (tertiary/aromatic N) is 1. The summed E-state index contributed by atoms with van der Waals surface area (Å²) in [5.41, 5.74) is 0.697. The molecule has 0 spiro atoms. The van der Waals surface area contributed by atoms with E-state index >= 15 is 0 Å². The number of benzene rings is 2. The maximum Gasteiger partial charge on any atom is 0.335 e. The SMILES string of the molecule is C#CCOc1ccc(C=C2C(=O)NC(=O)N(c3ccc(OC)cc3)C2=O)cc1Br. The van der Waals surface area contributed by atoms with Crippen molar-refractivity contribution in [1.82, 2.24) is 5.32 Å². The normalized spacial score (nSPS) is 15.1. The van der Waals surface area contributed by atoms with Gasteiger partial charge in [-0.2, -0.15) is 0 Å². The van der Waals surface area contributed by atoms with Crippen molar-refractivity contribution >= 4 is 45.5 Å². The Morgan fingerprint density at radius 3 is 2.52 bits per heavy atom. The molecule has 2 aromatic carbocycles. The van der Waals surface area contributed by atoms with Gasteiger partial charge in [-0.05, 0) is 64.0 Å². The molecule has 0 aromatic heterocycles. The molecule has 1 heterocycles. The lowest BCUT2D eigenvalue weighted by atomic mass is 10.1. The largest absolute Gasteiger partial charge is 0.497 e. The van der Waals surface area contributed by atoms with E-state index in [-0.39, 0.29) is 12.2 Å². The Morgan fingerprint density at radius 1 is 1.17 bits per heavy atom. The molecule has 2 aromatic rings. The lowest BCUT2D eigenvalue weighted by Gasteiger charge is -2.26. The highest BCUT2D eigenvalue weighted by Crippen LogP contribution is 2.28. The Kier molecular flexibility index (Phi) is 6.00. The summed E-state index contributed by atoms with van der Waals surface area (Å²) >= 11 is 3.36. The summed E-state index contributed by atoms with van der Waals surface area (Å²) in [4.78, 5) is 38.3. The highest BCUT2D eigenvalue weighted by Gasteiger charge is 2.36. The number of rotatable bonds is 5. The number of halogens is 1. The van der Waals surface area contributed by atoms with Gasteiger partial charge in [0.05, 0.1) is 17.3 Å². The van der Waals surface area contributed by atoms with Gasteiger partial charge in [-0.3, -0.25) is 14.9 Å². The van der Waals surface area contributed by atoms with E-state index in [0.29, 0.717) is 27.2 Å². The van der Waals surface area contributed by atoms with Gasteiger partial charge >= 0.3 is 6.03 Å². The second-order valence-corrected chi connectivity index (χ2v) is 6.69. The van der Waals surface area contributed by atoms with Crippen molar-refractivity contribution in [3.05, 3.63) is 58.1 Å². The molecular formula is C21H15BrN2O5. The lowest BCUT2D eigenvalue weighted by Crippen LogP contribution is -2.54. The number of carbonyl (C=O) groups excluding carboxylic acids is 3. The number of hydrogen-bond acceptors (Lipinski definition) is 5. The molecule has 1 N–H and O–H groups in total. The van der Waals surface area contributed by atoms with Gasteiger partial charge in [-0.25, -0.2) is 9.69 Å². The molecule has 29 heavy (non-hydrogen) atoms. The quantitative estimate of drug-likeness (QED) is 0.426. The minimum absolute atomic E-state index is 0.110. The molecule has 1 aliphatic rings. The minimum Gasteiger partial charge on any atom is -0.497 e. The number of imide groups is 2. The molecule has 3 rings (SSSR count). The zero-order valence-corrected chi connectivity index (χ0v) is 16.9. The van der Waals surface area contributed by atoms with Crippen LogP contribution in [0.1, 0.15) is 5.56 Å². The summed E-state index contributed by atoms with van der Waals surface area (Å²) < 4.78 is 11.1. The number of amides is 4. The smallest absolute Gasteiger partial charge is 0.335 e. The second-order valence-electron chi connectivity index (χ2n) is 5.84. The van der Waals surface area contributed by atoms with E-state index in [9.17, 15) is 14.4 Å². The predicted octanol–water partition coefficient (Wildman–Crippen LogP) is 3.14. The van der Waals surface area contributed by atoms with Crippen molar-refractivity contribution in [3.8, 4) is 23.8 Å². The summed E-state index contributed by atoms with van der Waals surface area (Å²) in [5.74, 6) is 1.97. The predicted molar refractivity (Wildman–Crippen MR) is 110 cm³/mol. The second kappa shape index (κ2) is 8.63. The molecule has 4 amide bonds. The van der Waals surface area contributed by atoms with Gasteiger partial charge in [0, 0.05) is 0 Å². The Hall–Kier alpha value is -3.57. The summed E-state index contributed by atoms with van der Waals surface area (Å²) in [6.45, 7) is 0.110. The monoisotopic (exact) mass is 454 g/mol. The molecular weight excluding hydrogens is 440 g/mol. The van der Waals surface area contributed by atoms with Crippen LogP contribution in [0.2, 0.25) is 0 Å². The first kappa shape index (κ1) is 20.2. The Balaban J connectivity index is 1.92. The summed E-state index contributed by atoms with van der Waals surface area (Å²) in [6.07, 6.45) is 6.58. The minimum atomic E-state index is -0.818. The Morgan fingerprint density at radius 2 is 1.90 bits per heavy atom. The van der Waals surface area contributed by atoms with Gasteiger partial charge in [0.25, 0.3) is 11.8 Å². The third-order valence-corrected chi connectivity index (χ3v) is 4.63. The number of urea groups is 1. The van der Waals surface area contributed by atoms with Crippen LogP contribution in [0.25, 0.3) is 6.08 Å². The molecule has 1 aliphatic heterocycles. The van der Waals surface area contributed by atoms with E-state index in [2.05, 4.69) is 27.2 Å². The van der Waals surface area contributed by atoms with Crippen LogP contribution in [0.3, 0.4) is 0 Å². The van der Waals surface area contributed by atoms with Gasteiger partial charge in [-0.15, -0.1) is 6.42 Å². The zero-order chi connectivity index (χ0) is 21.0. The van der Waals surface area contributed by atoms with Crippen LogP contribution < -0.4 is 19.7 Å². The molecule has 0 atom stereocenters. The molecule has 1 fully saturated rings. The average molecular weight is 455 g/mol. The molecule has 1 saturated heterocycles. The number of terminal acetylenes is 1. The van der Waals surface area contributed by atoms with E-state index in [1.54, 1.807) is 42.5 Å². The van der Waals surface area contributed by atoms with E-state index in [4.69, 9.17) is 15.9 Å². The number of ether oxygens (including phenoxy) is 2. The van der Waals surface area contributed by atoms with Gasteiger partial charge in [-0.1, -0.05) is 12.0 Å². The number of hydrogen-bond donors (Lipinski definition) is 1. The molecule has 7 nitrogen and oxygen atoms in total. The Labute approximate surface area is 175 Å². The van der Waals surface area contributed by atoms with Crippen LogP contribution >= 0.6 is 15.9 Å². The maximum atomic E-state index is 12.9. The van der Waals surface area contributed by atoms with E-state index in [1.807, 2.05) is 0 Å². The number of barbiturate groups is 1. The topological polar surface area (TPSA) is 84.9 Å². The van der Waals surface area contributed by atoms with Gasteiger partial charge < -0.3 is 9.47 Å². The van der Waals surface area contributed by atoms with Crippen molar-refractivity contribution in [2.45, 2.75) is 0 Å². The molecule has 0 aliphatic carbocycles. The molecule has 146 valence electrons. The Bertz CT molecular complexity index is 1050. The lowest BCUT2D eigenvalue weighted by molar-refractivity contribution is -0.122. The highest BCUT2D eigenvalue weighted by molar-refractivity contribution is 9.10. The summed E-state index contributed by atoms with van der Waals surface area (Å²) in [5, 5.41) is 2.18. The summed E-state index contributed by atoms with van der Waals surface area (Å²) in [7, 11) is 1.51. The van der Waals surface area contributed by atoms with Gasteiger partial charge in [0.1, 0.15) is 23.7 Å². The van der Waals surface area contributed by atoms with Crippen LogP contribution in [0, 0.1) is 12.3 Å². The number of nitrogens with one attached hydrogen (secondary N) is 1. The van der Waals surface area contributed by atoms with Crippen LogP contribution in [-0.4, -0.2) is 31.6 Å². The van der Waals surface area contributed by atoms with Gasteiger partial charge in [0.2, 0.25) is 0 Å². The molecule has 0 radical (unpaired) electrons. The molecule has 0 bridgehead atoms. The zero-order valence-electron chi connectivity index (χ0n) is 15.3. The van der Waals surface area contributed by atoms with Crippen molar-refractivity contribution in [1.29, 1.82) is 0 Å². The van der Waals surface area contributed by atoms with Crippen LogP contribution in [0.4, 0.5) is 10.5 Å². The maximum absolute atomic E-state index is 12.9. The van der Waals surface area contributed by atoms with Crippen molar-refractivity contribution in [2.75, 3.05) is 18.6 Å². The van der Waals surface area contributed by atoms with E-state index < -0.39 is 17.8 Å². The number of anilines is 1. The summed E-state index contributed by atoms with van der Waals surface area (Å²) in [6, 6.07) is 10.5. The van der Waals surface area contributed by atoms with E-state index in [1.165, 1.54) is 13.2 Å². The first-order valence-electron chi connectivity index (χ1n) is 8.36. The van der Waals surface area contributed by atoms with Crippen molar-refractivity contribution < 1.29 is 23.9 Å². The fourth-order valence-electron chi connectivity index (χ4n) is 2.63. The van der Waals surface area contributed by atoms with Gasteiger partial charge in [0.15, 0.2) is 0 Å². The highest BCUT2D eigenvalue weighted by atomic mass is 79.9. The number of carbonyl (C=O) groups is 3. The van der Waals surface area contributed by atoms with E-state index in [0.717, 1.165) is 4.90 Å². The number of methoxy groups -OCH3 is 1.